The SMILES string of the molecule is Cc1oc2ccccc2c1-c1ccccn1.[O-][Cl+3]([O-])([O-])O. The van der Waals surface area contributed by atoms with Gasteiger partial charge in [0.1, 0.15) is 11.3 Å². The Morgan fingerprint density at radius 2 is 1.67 bits per heavy atom. The maximum atomic E-state index is 8.60. The lowest BCUT2D eigenvalue weighted by Crippen LogP contribution is -2.58. The average Bonchev–Trinajstić information content (AvgIpc) is 2.73. The molecule has 0 atom stereocenters. The fraction of sp³-hybridized carbons (Fsp3) is 0.0714. The van der Waals surface area contributed by atoms with Gasteiger partial charge < -0.3 is 4.42 Å². The molecule has 1 N–H and O–H groups in total. The van der Waals surface area contributed by atoms with Gasteiger partial charge >= 0.3 is 0 Å². The van der Waals surface area contributed by atoms with E-state index in [1.54, 1.807) is 6.20 Å². The zero-order chi connectivity index (χ0) is 15.5. The van der Waals surface area contributed by atoms with E-state index in [1.165, 1.54) is 0 Å². The molecule has 0 aliphatic carbocycles. The number of hydrogen-bond donors (Lipinski definition) is 1. The summed E-state index contributed by atoms with van der Waals surface area (Å²) in [5.41, 5.74) is 2.97. The highest BCUT2D eigenvalue weighted by Crippen LogP contribution is 2.32. The summed E-state index contributed by atoms with van der Waals surface area (Å²) >= 11 is 0. The lowest BCUT2D eigenvalue weighted by molar-refractivity contribution is -1.92. The molecule has 0 aliphatic rings. The van der Waals surface area contributed by atoms with Gasteiger partial charge in [-0.2, -0.15) is 14.0 Å². The van der Waals surface area contributed by atoms with Crippen molar-refractivity contribution in [3.05, 3.63) is 54.4 Å². The Bertz CT molecular complexity index is 715. The third-order valence-electron chi connectivity index (χ3n) is 2.69. The van der Waals surface area contributed by atoms with E-state index in [1.807, 2.05) is 43.3 Å². The Labute approximate surface area is 122 Å². The number of para-hydroxylation sites is 1. The monoisotopic (exact) mass is 309 g/mol. The van der Waals surface area contributed by atoms with Crippen LogP contribution in [0, 0.1) is 17.2 Å². The highest BCUT2D eigenvalue weighted by molar-refractivity contribution is 5.94. The zero-order valence-electron chi connectivity index (χ0n) is 11.0. The van der Waals surface area contributed by atoms with Crippen LogP contribution in [0.3, 0.4) is 0 Å². The van der Waals surface area contributed by atoms with Crippen LogP contribution in [0.1, 0.15) is 5.76 Å². The standard InChI is InChI=1S/C14H11NO.ClHO4/c1-10-14(12-7-4-5-9-15-12)11-6-2-3-8-13(11)16-10;2-1(3,4)5/h2-9H,1H3;(H,2,3,4,5). The van der Waals surface area contributed by atoms with Crippen LogP contribution in [0.15, 0.2) is 53.1 Å². The summed E-state index contributed by atoms with van der Waals surface area (Å²) in [6.07, 6.45) is 1.80. The Balaban J connectivity index is 0.000000282. The minimum absolute atomic E-state index is 0.917. The fourth-order valence-electron chi connectivity index (χ4n) is 2.00. The molecule has 0 unspecified atom stereocenters. The summed E-state index contributed by atoms with van der Waals surface area (Å²) in [6.45, 7) is 1.98. The molecule has 0 saturated heterocycles. The van der Waals surface area contributed by atoms with E-state index < -0.39 is 10.2 Å². The quantitative estimate of drug-likeness (QED) is 0.658. The summed E-state index contributed by atoms with van der Waals surface area (Å²) in [6, 6.07) is 14.0. The van der Waals surface area contributed by atoms with Crippen molar-refractivity contribution in [2.24, 2.45) is 0 Å². The van der Waals surface area contributed by atoms with E-state index >= 15 is 0 Å². The van der Waals surface area contributed by atoms with Crippen LogP contribution in [0.25, 0.3) is 22.2 Å². The van der Waals surface area contributed by atoms with E-state index in [2.05, 4.69) is 11.1 Å². The van der Waals surface area contributed by atoms with Crippen molar-refractivity contribution in [1.82, 2.24) is 4.98 Å². The van der Waals surface area contributed by atoms with Gasteiger partial charge in [0, 0.05) is 17.1 Å². The van der Waals surface area contributed by atoms with Gasteiger partial charge in [0.05, 0.1) is 20.6 Å². The van der Waals surface area contributed by atoms with Crippen LogP contribution < -0.4 is 14.0 Å². The summed E-state index contributed by atoms with van der Waals surface area (Å²) in [7, 11) is -4.69. The van der Waals surface area contributed by atoms with Crippen LogP contribution in [0.5, 0.6) is 0 Å². The van der Waals surface area contributed by atoms with Gasteiger partial charge in [-0.05, 0) is 25.1 Å². The topological polar surface area (TPSA) is 115 Å². The number of aryl methyl sites for hydroxylation is 1. The number of aromatic nitrogens is 1. The van der Waals surface area contributed by atoms with Crippen molar-refractivity contribution < 1.29 is 33.3 Å². The molecule has 7 heteroatoms. The summed E-state index contributed by atoms with van der Waals surface area (Å²) in [5, 5.41) is 1.12. The molecule has 0 radical (unpaired) electrons. The van der Waals surface area contributed by atoms with Crippen molar-refractivity contribution in [2.45, 2.75) is 6.92 Å². The van der Waals surface area contributed by atoms with E-state index in [0.29, 0.717) is 0 Å². The Morgan fingerprint density at radius 3 is 2.29 bits per heavy atom. The first-order valence-electron chi connectivity index (χ1n) is 5.89. The van der Waals surface area contributed by atoms with Gasteiger partial charge in [0.2, 0.25) is 0 Å². The molecule has 0 spiro atoms. The molecule has 0 aliphatic heterocycles. The van der Waals surface area contributed by atoms with E-state index in [-0.39, 0.29) is 0 Å². The molecular weight excluding hydrogens is 298 g/mol. The van der Waals surface area contributed by atoms with Crippen LogP contribution >= 0.6 is 0 Å². The van der Waals surface area contributed by atoms with Gasteiger partial charge in [0.25, 0.3) is 0 Å². The van der Waals surface area contributed by atoms with Gasteiger partial charge in [-0.1, -0.05) is 24.3 Å². The third kappa shape index (κ3) is 4.25. The maximum Gasteiger partial charge on any atom is 0.134 e. The minimum atomic E-state index is -4.69. The van der Waals surface area contributed by atoms with Crippen LogP contribution in [0.2, 0.25) is 0 Å². The molecule has 3 rings (SSSR count). The van der Waals surface area contributed by atoms with Crippen LogP contribution in [0.4, 0.5) is 0 Å². The lowest BCUT2D eigenvalue weighted by Gasteiger charge is -2.03. The number of benzene rings is 1. The summed E-state index contributed by atoms with van der Waals surface area (Å²) in [4.78, 5) is 4.37. The fourth-order valence-corrected chi connectivity index (χ4v) is 2.00. The number of furan rings is 1. The van der Waals surface area contributed by atoms with Crippen LogP contribution in [-0.4, -0.2) is 9.64 Å². The second kappa shape index (κ2) is 6.21. The van der Waals surface area contributed by atoms with Crippen molar-refractivity contribution in [3.63, 3.8) is 0 Å². The Hall–Kier alpha value is -1.96. The van der Waals surface area contributed by atoms with Gasteiger partial charge in [0.15, 0.2) is 0 Å². The predicted octanol–water partition coefficient (Wildman–Crippen LogP) is -0.321. The molecule has 6 nitrogen and oxygen atoms in total. The number of hydrogen-bond acceptors (Lipinski definition) is 6. The van der Waals surface area contributed by atoms with Gasteiger partial charge in [-0.25, -0.2) is 0 Å². The molecule has 3 aromatic rings. The highest BCUT2D eigenvalue weighted by atomic mass is 35.7. The van der Waals surface area contributed by atoms with E-state index in [9.17, 15) is 0 Å². The Kier molecular flexibility index (Phi) is 4.56. The molecule has 0 amide bonds. The first kappa shape index (κ1) is 15.4. The second-order valence-corrected chi connectivity index (χ2v) is 4.93. The number of pyridine rings is 1. The van der Waals surface area contributed by atoms with Crippen molar-refractivity contribution in [3.8, 4) is 11.3 Å². The van der Waals surface area contributed by atoms with Crippen molar-refractivity contribution in [1.29, 1.82) is 0 Å². The first-order valence-corrected chi connectivity index (χ1v) is 7.15. The summed E-state index contributed by atoms with van der Waals surface area (Å²) < 4.78 is 38.4. The van der Waals surface area contributed by atoms with Gasteiger partial charge in [-0.3, -0.25) is 4.98 Å². The van der Waals surface area contributed by atoms with E-state index in [4.69, 9.17) is 23.1 Å². The lowest BCUT2D eigenvalue weighted by atomic mass is 10.1. The second-order valence-electron chi connectivity index (χ2n) is 4.14. The number of rotatable bonds is 1. The molecule has 2 aromatic heterocycles. The molecule has 110 valence electrons. The molecule has 0 fully saturated rings. The molecule has 0 bridgehead atoms. The first-order chi connectivity index (χ1) is 9.86. The van der Waals surface area contributed by atoms with Crippen LogP contribution in [-0.2, 0) is 0 Å². The van der Waals surface area contributed by atoms with Gasteiger partial charge in [-0.15, -0.1) is 0 Å². The molecule has 2 heterocycles. The zero-order valence-corrected chi connectivity index (χ0v) is 11.8. The molecular formula is C14H12ClNO5. The van der Waals surface area contributed by atoms with Crippen molar-refractivity contribution in [2.75, 3.05) is 0 Å². The largest absolute Gasteiger partial charge is 0.461 e. The smallest absolute Gasteiger partial charge is 0.134 e. The molecule has 21 heavy (non-hydrogen) atoms. The third-order valence-corrected chi connectivity index (χ3v) is 2.69. The van der Waals surface area contributed by atoms with E-state index in [0.717, 1.165) is 28.0 Å². The highest BCUT2D eigenvalue weighted by Gasteiger charge is 2.12. The molecule has 0 saturated carbocycles. The predicted molar refractivity (Wildman–Crippen MR) is 66.4 cm³/mol. The van der Waals surface area contributed by atoms with Crippen molar-refractivity contribution >= 4 is 11.0 Å². The number of nitrogens with zero attached hydrogens (tertiary/aromatic N) is 1. The number of fused-ring (bicyclic) bond motifs is 1. The summed E-state index contributed by atoms with van der Waals surface area (Å²) in [5.74, 6) is 0.917. The molecule has 1 aromatic carbocycles. The maximum absolute atomic E-state index is 8.60. The average molecular weight is 310 g/mol. The Morgan fingerprint density at radius 1 is 1.05 bits per heavy atom. The minimum Gasteiger partial charge on any atom is -0.461 e. The normalized spacial score (nSPS) is 11.1. The number of halogens is 1.